The number of rotatable bonds is 9. The fourth-order valence-corrected chi connectivity index (χ4v) is 3.79. The van der Waals surface area contributed by atoms with E-state index >= 15 is 0 Å². The highest BCUT2D eigenvalue weighted by atomic mass is 35.5. The zero-order valence-electron chi connectivity index (χ0n) is 16.8. The predicted molar refractivity (Wildman–Crippen MR) is 113 cm³/mol. The van der Waals surface area contributed by atoms with Gasteiger partial charge in [-0.15, -0.1) is 4.99 Å². The SMILES string of the molecule is CC(Cc1cc(C#N)c2c(c1)CCN2CCCOC(=O)c1ccc(Cl)cc1)OON. The van der Waals surface area contributed by atoms with Crippen LogP contribution in [-0.2, 0) is 27.5 Å². The molecule has 1 aliphatic heterocycles. The van der Waals surface area contributed by atoms with Crippen molar-refractivity contribution in [2.75, 3.05) is 24.6 Å². The highest BCUT2D eigenvalue weighted by molar-refractivity contribution is 6.30. The minimum Gasteiger partial charge on any atom is -0.462 e. The molecular weight excluding hydrogens is 406 g/mol. The highest BCUT2D eigenvalue weighted by Crippen LogP contribution is 2.33. The number of nitrogens with two attached hydrogens (primary N) is 1. The lowest BCUT2D eigenvalue weighted by Gasteiger charge is -2.21. The molecule has 0 fully saturated rings. The standard InChI is InChI=1S/C22H24ClN3O4/c1-15(29-30-25)11-16-12-18-7-9-26(21(18)19(13-16)14-24)8-2-10-28-22(27)17-3-5-20(23)6-4-17/h3-6,12-13,15H,2,7-11,25H2,1H3. The van der Waals surface area contributed by atoms with Crippen LogP contribution in [-0.4, -0.2) is 31.8 Å². The lowest BCUT2D eigenvalue weighted by molar-refractivity contribution is -0.325. The van der Waals surface area contributed by atoms with Gasteiger partial charge in [0.25, 0.3) is 0 Å². The summed E-state index contributed by atoms with van der Waals surface area (Å²) in [6, 6.07) is 12.9. The molecule has 0 bridgehead atoms. The zero-order chi connectivity index (χ0) is 21.5. The van der Waals surface area contributed by atoms with Gasteiger partial charge in [0.05, 0.1) is 29.5 Å². The summed E-state index contributed by atoms with van der Waals surface area (Å²) < 4.78 is 5.35. The minimum absolute atomic E-state index is 0.215. The number of esters is 1. The third-order valence-corrected chi connectivity index (χ3v) is 5.22. The first kappa shape index (κ1) is 22.1. The Morgan fingerprint density at radius 1 is 1.33 bits per heavy atom. The molecule has 0 aliphatic carbocycles. The van der Waals surface area contributed by atoms with Gasteiger partial charge < -0.3 is 9.64 Å². The molecule has 2 N–H and O–H groups in total. The summed E-state index contributed by atoms with van der Waals surface area (Å²) in [7, 11) is 0. The van der Waals surface area contributed by atoms with Crippen LogP contribution < -0.4 is 10.8 Å². The number of nitriles is 1. The molecular formula is C22H24ClN3O4. The molecule has 0 aromatic heterocycles. The fraction of sp³-hybridized carbons (Fsp3) is 0.364. The maximum Gasteiger partial charge on any atom is 0.338 e. The van der Waals surface area contributed by atoms with E-state index in [2.05, 4.69) is 22.0 Å². The molecule has 1 atom stereocenters. The third-order valence-electron chi connectivity index (χ3n) is 4.96. The third kappa shape index (κ3) is 5.49. The second-order valence-corrected chi connectivity index (χ2v) is 7.64. The first-order valence-electron chi connectivity index (χ1n) is 9.77. The Bertz CT molecular complexity index is 927. The van der Waals surface area contributed by atoms with E-state index in [1.165, 1.54) is 0 Å². The van der Waals surface area contributed by atoms with Crippen LogP contribution in [0, 0.1) is 11.3 Å². The van der Waals surface area contributed by atoms with Gasteiger partial charge in [0.2, 0.25) is 0 Å². The van der Waals surface area contributed by atoms with Crippen LogP contribution in [0.3, 0.4) is 0 Å². The number of hydrogen-bond acceptors (Lipinski definition) is 7. The number of fused-ring (bicyclic) bond motifs is 1. The smallest absolute Gasteiger partial charge is 0.338 e. The second-order valence-electron chi connectivity index (χ2n) is 7.20. The second kappa shape index (κ2) is 10.4. The van der Waals surface area contributed by atoms with E-state index in [0.717, 1.165) is 29.8 Å². The molecule has 3 rings (SSSR count). The molecule has 1 aliphatic rings. The van der Waals surface area contributed by atoms with Crippen LogP contribution in [0.25, 0.3) is 0 Å². The molecule has 1 heterocycles. The van der Waals surface area contributed by atoms with E-state index in [-0.39, 0.29) is 12.1 Å². The number of halogens is 1. The number of anilines is 1. The van der Waals surface area contributed by atoms with Crippen molar-refractivity contribution in [3.8, 4) is 6.07 Å². The fourth-order valence-electron chi connectivity index (χ4n) is 3.67. The molecule has 1 unspecified atom stereocenters. The number of ether oxygens (including phenoxy) is 1. The Morgan fingerprint density at radius 3 is 2.80 bits per heavy atom. The van der Waals surface area contributed by atoms with E-state index in [4.69, 9.17) is 27.1 Å². The van der Waals surface area contributed by atoms with E-state index in [9.17, 15) is 10.1 Å². The zero-order valence-corrected chi connectivity index (χ0v) is 17.5. The van der Waals surface area contributed by atoms with Crippen molar-refractivity contribution >= 4 is 23.3 Å². The van der Waals surface area contributed by atoms with Gasteiger partial charge in [-0.1, -0.05) is 17.7 Å². The summed E-state index contributed by atoms with van der Waals surface area (Å²) in [5.74, 6) is 4.58. The first-order valence-corrected chi connectivity index (χ1v) is 10.2. The van der Waals surface area contributed by atoms with Crippen molar-refractivity contribution in [1.82, 2.24) is 0 Å². The minimum atomic E-state index is -0.367. The molecule has 158 valence electrons. The molecule has 2 aromatic carbocycles. The van der Waals surface area contributed by atoms with Crippen LogP contribution in [0.1, 0.15) is 40.4 Å². The van der Waals surface area contributed by atoms with Crippen molar-refractivity contribution in [1.29, 1.82) is 5.26 Å². The van der Waals surface area contributed by atoms with E-state index in [1.807, 2.05) is 13.0 Å². The normalized spacial score (nSPS) is 13.6. The van der Waals surface area contributed by atoms with Crippen molar-refractivity contribution < 1.29 is 19.4 Å². The molecule has 0 amide bonds. The summed E-state index contributed by atoms with van der Waals surface area (Å²) >= 11 is 5.83. The molecule has 0 radical (unpaired) electrons. The Labute approximate surface area is 180 Å². The molecule has 2 aromatic rings. The lowest BCUT2D eigenvalue weighted by atomic mass is 10.00. The molecule has 0 saturated heterocycles. The van der Waals surface area contributed by atoms with Crippen molar-refractivity contribution in [3.63, 3.8) is 0 Å². The highest BCUT2D eigenvalue weighted by Gasteiger charge is 2.24. The van der Waals surface area contributed by atoms with Gasteiger partial charge in [0, 0.05) is 24.5 Å². The topological polar surface area (TPSA) is 97.8 Å². The Morgan fingerprint density at radius 2 is 2.10 bits per heavy atom. The van der Waals surface area contributed by atoms with E-state index in [1.54, 1.807) is 24.3 Å². The van der Waals surface area contributed by atoms with Gasteiger partial charge in [0.15, 0.2) is 0 Å². The summed E-state index contributed by atoms with van der Waals surface area (Å²) in [6.45, 7) is 3.69. The van der Waals surface area contributed by atoms with Gasteiger partial charge >= 0.3 is 5.97 Å². The summed E-state index contributed by atoms with van der Waals surface area (Å²) in [6.07, 6.45) is 1.92. The van der Waals surface area contributed by atoms with Gasteiger partial charge in [-0.3, -0.25) is 0 Å². The first-order chi connectivity index (χ1) is 14.5. The molecule has 7 nitrogen and oxygen atoms in total. The number of hydrogen-bond donors (Lipinski definition) is 1. The van der Waals surface area contributed by atoms with Gasteiger partial charge in [-0.25, -0.2) is 9.68 Å². The number of benzene rings is 2. The molecule has 0 saturated carbocycles. The van der Waals surface area contributed by atoms with Crippen LogP contribution in [0.4, 0.5) is 5.69 Å². The van der Waals surface area contributed by atoms with Crippen molar-refractivity contribution in [2.45, 2.75) is 32.3 Å². The number of carbonyl (C=O) groups excluding carboxylic acids is 1. The number of nitrogens with zero attached hydrogens (tertiary/aromatic N) is 2. The monoisotopic (exact) mass is 429 g/mol. The number of carbonyl (C=O) groups is 1. The van der Waals surface area contributed by atoms with E-state index in [0.29, 0.717) is 42.1 Å². The van der Waals surface area contributed by atoms with Crippen LogP contribution >= 0.6 is 11.6 Å². The average molecular weight is 430 g/mol. The predicted octanol–water partition coefficient (Wildman–Crippen LogP) is 3.57. The van der Waals surface area contributed by atoms with Crippen LogP contribution in [0.2, 0.25) is 5.02 Å². The molecule has 0 spiro atoms. The van der Waals surface area contributed by atoms with Gasteiger partial charge in [0.1, 0.15) is 6.07 Å². The summed E-state index contributed by atoms with van der Waals surface area (Å²) in [5.41, 5.74) is 4.23. The summed E-state index contributed by atoms with van der Waals surface area (Å²) in [5, 5.41) is 10.2. The Balaban J connectivity index is 1.56. The maximum absolute atomic E-state index is 12.1. The average Bonchev–Trinajstić information content (AvgIpc) is 3.14. The lowest BCUT2D eigenvalue weighted by Crippen LogP contribution is -2.24. The largest absolute Gasteiger partial charge is 0.462 e. The van der Waals surface area contributed by atoms with Gasteiger partial charge in [-0.2, -0.15) is 11.2 Å². The Kier molecular flexibility index (Phi) is 7.66. The molecule has 8 heteroatoms. The Hall–Kier alpha value is -2.63. The quantitative estimate of drug-likeness (QED) is 0.281. The maximum atomic E-state index is 12.1. The van der Waals surface area contributed by atoms with Crippen molar-refractivity contribution in [3.05, 3.63) is 63.7 Å². The summed E-state index contributed by atoms with van der Waals surface area (Å²) in [4.78, 5) is 23.4. The van der Waals surface area contributed by atoms with Gasteiger partial charge in [-0.05, 0) is 61.2 Å². The molecule has 30 heavy (non-hydrogen) atoms. The van der Waals surface area contributed by atoms with Crippen molar-refractivity contribution in [2.24, 2.45) is 5.90 Å². The van der Waals surface area contributed by atoms with Crippen LogP contribution in [0.5, 0.6) is 0 Å². The van der Waals surface area contributed by atoms with E-state index < -0.39 is 0 Å². The van der Waals surface area contributed by atoms with Crippen LogP contribution in [0.15, 0.2) is 36.4 Å².